The molecule has 5 nitrogen and oxygen atoms in total. The van der Waals surface area contributed by atoms with E-state index in [1.807, 2.05) is 19.9 Å². The van der Waals surface area contributed by atoms with Crippen LogP contribution in [0, 0.1) is 12.8 Å². The van der Waals surface area contributed by atoms with Gasteiger partial charge in [-0.3, -0.25) is 4.79 Å². The van der Waals surface area contributed by atoms with Gasteiger partial charge in [0.25, 0.3) is 0 Å². The van der Waals surface area contributed by atoms with Gasteiger partial charge in [-0.2, -0.15) is 0 Å². The lowest BCUT2D eigenvalue weighted by Gasteiger charge is -2.14. The van der Waals surface area contributed by atoms with Crippen molar-refractivity contribution in [1.82, 2.24) is 4.72 Å². The number of nitrogens with one attached hydrogen (secondary N) is 1. The van der Waals surface area contributed by atoms with Crippen molar-refractivity contribution >= 4 is 16.0 Å². The van der Waals surface area contributed by atoms with Crippen molar-refractivity contribution < 1.29 is 18.3 Å². The molecule has 0 aromatic heterocycles. The molecule has 1 aromatic carbocycles. The van der Waals surface area contributed by atoms with Gasteiger partial charge >= 0.3 is 5.97 Å². The highest BCUT2D eigenvalue weighted by molar-refractivity contribution is 7.89. The summed E-state index contributed by atoms with van der Waals surface area (Å²) in [5.74, 6) is -1.11. The van der Waals surface area contributed by atoms with E-state index in [2.05, 4.69) is 4.72 Å². The first kappa shape index (κ1) is 15.7. The number of aryl methyl sites for hydroxylation is 1. The molecule has 0 aliphatic heterocycles. The number of rotatable bonds is 7. The van der Waals surface area contributed by atoms with Crippen LogP contribution in [0.25, 0.3) is 0 Å². The Balaban J connectivity index is 2.72. The summed E-state index contributed by atoms with van der Waals surface area (Å²) in [5.41, 5.74) is 0.862. The van der Waals surface area contributed by atoms with Gasteiger partial charge in [0.2, 0.25) is 10.0 Å². The third-order valence-electron chi connectivity index (χ3n) is 2.90. The fraction of sp³-hybridized carbons (Fsp3) is 0.462. The lowest BCUT2D eigenvalue weighted by Crippen LogP contribution is -2.30. The van der Waals surface area contributed by atoms with Crippen LogP contribution < -0.4 is 4.72 Å². The van der Waals surface area contributed by atoms with E-state index in [0.29, 0.717) is 6.42 Å². The minimum absolute atomic E-state index is 0.0349. The van der Waals surface area contributed by atoms with Gasteiger partial charge in [0.15, 0.2) is 0 Å². The quantitative estimate of drug-likeness (QED) is 0.799. The van der Waals surface area contributed by atoms with Gasteiger partial charge in [-0.15, -0.1) is 0 Å². The zero-order chi connectivity index (χ0) is 14.5. The first-order valence-corrected chi connectivity index (χ1v) is 7.61. The maximum atomic E-state index is 12.0. The van der Waals surface area contributed by atoms with Gasteiger partial charge < -0.3 is 5.11 Å². The number of sulfonamides is 1. The Morgan fingerprint density at radius 2 is 2.11 bits per heavy atom. The van der Waals surface area contributed by atoms with Crippen LogP contribution in [0.1, 0.15) is 25.3 Å². The van der Waals surface area contributed by atoms with Crippen LogP contribution in [-0.2, 0) is 14.8 Å². The number of benzene rings is 1. The highest BCUT2D eigenvalue weighted by Crippen LogP contribution is 2.12. The first-order valence-electron chi connectivity index (χ1n) is 6.13. The predicted molar refractivity (Wildman–Crippen MR) is 72.4 cm³/mol. The summed E-state index contributed by atoms with van der Waals surface area (Å²) in [4.78, 5) is 10.8. The zero-order valence-corrected chi connectivity index (χ0v) is 11.9. The van der Waals surface area contributed by atoms with Crippen molar-refractivity contribution in [2.75, 3.05) is 6.54 Å². The Hall–Kier alpha value is -1.40. The number of aliphatic carboxylic acids is 1. The Bertz CT molecular complexity index is 539. The summed E-state index contributed by atoms with van der Waals surface area (Å²) >= 11 is 0. The SMILES string of the molecule is CCC(CNS(=O)(=O)c1cccc(C)c1)CC(=O)O. The van der Waals surface area contributed by atoms with Gasteiger partial charge in [0.1, 0.15) is 0 Å². The van der Waals surface area contributed by atoms with Crippen LogP contribution in [0.2, 0.25) is 0 Å². The van der Waals surface area contributed by atoms with E-state index in [1.54, 1.807) is 12.1 Å². The number of carboxylic acid groups (broad SMARTS) is 1. The van der Waals surface area contributed by atoms with E-state index in [9.17, 15) is 13.2 Å². The Kier molecular flexibility index (Phi) is 5.50. The van der Waals surface area contributed by atoms with Crippen molar-refractivity contribution in [1.29, 1.82) is 0 Å². The van der Waals surface area contributed by atoms with Crippen LogP contribution in [0.5, 0.6) is 0 Å². The van der Waals surface area contributed by atoms with Crippen LogP contribution >= 0.6 is 0 Å². The summed E-state index contributed by atoms with van der Waals surface area (Å²) in [5, 5.41) is 8.72. The number of hydrogen-bond donors (Lipinski definition) is 2. The molecule has 0 amide bonds. The molecule has 0 aliphatic rings. The van der Waals surface area contributed by atoms with E-state index in [1.165, 1.54) is 6.07 Å². The summed E-state index contributed by atoms with van der Waals surface area (Å²) in [7, 11) is -3.57. The lowest BCUT2D eigenvalue weighted by molar-refractivity contribution is -0.138. The zero-order valence-electron chi connectivity index (χ0n) is 11.1. The van der Waals surface area contributed by atoms with Crippen molar-refractivity contribution in [3.8, 4) is 0 Å². The molecule has 1 aromatic rings. The van der Waals surface area contributed by atoms with Crippen molar-refractivity contribution in [2.45, 2.75) is 31.6 Å². The molecule has 6 heteroatoms. The molecule has 1 unspecified atom stereocenters. The summed E-state index contributed by atoms with van der Waals surface area (Å²) in [6.45, 7) is 3.80. The van der Waals surface area contributed by atoms with Crippen LogP contribution in [-0.4, -0.2) is 26.0 Å². The largest absolute Gasteiger partial charge is 0.481 e. The second-order valence-electron chi connectivity index (χ2n) is 4.54. The monoisotopic (exact) mass is 285 g/mol. The van der Waals surface area contributed by atoms with E-state index >= 15 is 0 Å². The standard InChI is InChI=1S/C13H19NO4S/c1-3-11(8-13(15)16)9-14-19(17,18)12-6-4-5-10(2)7-12/h4-7,11,14H,3,8-9H2,1-2H3,(H,15,16). The van der Waals surface area contributed by atoms with Gasteiger partial charge in [0, 0.05) is 13.0 Å². The van der Waals surface area contributed by atoms with Gasteiger partial charge in [0.05, 0.1) is 4.90 Å². The van der Waals surface area contributed by atoms with Gasteiger partial charge in [-0.05, 0) is 30.5 Å². The Morgan fingerprint density at radius 3 is 2.63 bits per heavy atom. The lowest BCUT2D eigenvalue weighted by atomic mass is 10.0. The Morgan fingerprint density at radius 1 is 1.42 bits per heavy atom. The molecule has 0 radical (unpaired) electrons. The van der Waals surface area contributed by atoms with Crippen LogP contribution in [0.4, 0.5) is 0 Å². The number of hydrogen-bond acceptors (Lipinski definition) is 3. The van der Waals surface area contributed by atoms with E-state index < -0.39 is 16.0 Å². The molecule has 0 saturated heterocycles. The molecule has 1 rings (SSSR count). The van der Waals surface area contributed by atoms with Crippen molar-refractivity contribution in [2.24, 2.45) is 5.92 Å². The van der Waals surface area contributed by atoms with Crippen molar-refractivity contribution in [3.63, 3.8) is 0 Å². The summed E-state index contributed by atoms with van der Waals surface area (Å²) in [6, 6.07) is 6.60. The third kappa shape index (κ3) is 5.00. The summed E-state index contributed by atoms with van der Waals surface area (Å²) < 4.78 is 26.5. The third-order valence-corrected chi connectivity index (χ3v) is 4.32. The molecule has 0 saturated carbocycles. The number of carboxylic acids is 1. The topological polar surface area (TPSA) is 83.5 Å². The molecule has 0 bridgehead atoms. The average molecular weight is 285 g/mol. The maximum Gasteiger partial charge on any atom is 0.303 e. The molecule has 0 aliphatic carbocycles. The molecule has 0 spiro atoms. The minimum atomic E-state index is -3.57. The van der Waals surface area contributed by atoms with Gasteiger partial charge in [-0.1, -0.05) is 25.5 Å². The highest BCUT2D eigenvalue weighted by atomic mass is 32.2. The van der Waals surface area contributed by atoms with Crippen molar-refractivity contribution in [3.05, 3.63) is 29.8 Å². The van der Waals surface area contributed by atoms with E-state index in [0.717, 1.165) is 5.56 Å². The second-order valence-corrected chi connectivity index (χ2v) is 6.31. The summed E-state index contributed by atoms with van der Waals surface area (Å²) in [6.07, 6.45) is 0.579. The van der Waals surface area contributed by atoms with Crippen LogP contribution in [0.3, 0.4) is 0 Å². The molecule has 0 heterocycles. The molecular formula is C13H19NO4S. The minimum Gasteiger partial charge on any atom is -0.481 e. The predicted octanol–water partition coefficient (Wildman–Crippen LogP) is 1.77. The average Bonchev–Trinajstić information content (AvgIpc) is 2.34. The molecule has 0 fully saturated rings. The fourth-order valence-corrected chi connectivity index (χ4v) is 2.92. The molecule has 2 N–H and O–H groups in total. The van der Waals surface area contributed by atoms with E-state index in [4.69, 9.17) is 5.11 Å². The molecular weight excluding hydrogens is 266 g/mol. The first-order chi connectivity index (χ1) is 8.85. The molecule has 1 atom stereocenters. The number of carbonyl (C=O) groups is 1. The molecule has 19 heavy (non-hydrogen) atoms. The fourth-order valence-electron chi connectivity index (χ4n) is 1.70. The molecule has 106 valence electrons. The smallest absolute Gasteiger partial charge is 0.303 e. The van der Waals surface area contributed by atoms with Crippen LogP contribution in [0.15, 0.2) is 29.2 Å². The highest BCUT2D eigenvalue weighted by Gasteiger charge is 2.17. The normalized spacial score (nSPS) is 13.2. The van der Waals surface area contributed by atoms with E-state index in [-0.39, 0.29) is 23.8 Å². The maximum absolute atomic E-state index is 12.0. The second kappa shape index (κ2) is 6.68. The van der Waals surface area contributed by atoms with Gasteiger partial charge in [-0.25, -0.2) is 13.1 Å². The Labute approximate surface area is 113 Å².